The minimum atomic E-state index is 0.273. The lowest BCUT2D eigenvalue weighted by Gasteiger charge is -2.45. The second-order valence-corrected chi connectivity index (χ2v) is 7.06. The van der Waals surface area contributed by atoms with Crippen LogP contribution in [0.5, 0.6) is 0 Å². The first-order chi connectivity index (χ1) is 10.1. The molecule has 0 aromatic heterocycles. The molecule has 21 heavy (non-hydrogen) atoms. The molecule has 1 aromatic carbocycles. The van der Waals surface area contributed by atoms with Gasteiger partial charge in [0, 0.05) is 12.2 Å². The number of nitrogens with zero attached hydrogens (tertiary/aromatic N) is 1. The second-order valence-electron chi connectivity index (χ2n) is 7.06. The number of anilines is 1. The summed E-state index contributed by atoms with van der Waals surface area (Å²) in [5, 5.41) is 0. The molecule has 1 fully saturated rings. The van der Waals surface area contributed by atoms with E-state index < -0.39 is 0 Å². The Morgan fingerprint density at radius 3 is 2.76 bits per heavy atom. The Morgan fingerprint density at radius 2 is 2.10 bits per heavy atom. The first-order valence-electron chi connectivity index (χ1n) is 8.64. The average molecular weight is 288 g/mol. The Labute approximate surface area is 130 Å². The van der Waals surface area contributed by atoms with Crippen LogP contribution in [0.15, 0.2) is 24.3 Å². The van der Waals surface area contributed by atoms with E-state index in [1.54, 1.807) is 0 Å². The topological polar surface area (TPSA) is 29.3 Å². The van der Waals surface area contributed by atoms with E-state index in [4.69, 9.17) is 5.73 Å². The molecule has 2 atom stereocenters. The molecule has 2 rings (SSSR count). The van der Waals surface area contributed by atoms with Gasteiger partial charge in [-0.25, -0.2) is 0 Å². The first-order valence-corrected chi connectivity index (χ1v) is 8.64. The quantitative estimate of drug-likeness (QED) is 0.619. The molecular weight excluding hydrogens is 256 g/mol. The van der Waals surface area contributed by atoms with Crippen molar-refractivity contribution >= 4 is 5.69 Å². The van der Waals surface area contributed by atoms with Gasteiger partial charge in [0.1, 0.15) is 0 Å². The van der Waals surface area contributed by atoms with Crippen LogP contribution >= 0.6 is 0 Å². The predicted octanol–water partition coefficient (Wildman–Crippen LogP) is 4.45. The van der Waals surface area contributed by atoms with Crippen LogP contribution < -0.4 is 5.73 Å². The lowest BCUT2D eigenvalue weighted by molar-refractivity contribution is 0.109. The number of hydrogen-bond acceptors (Lipinski definition) is 2. The van der Waals surface area contributed by atoms with Crippen molar-refractivity contribution in [2.75, 3.05) is 25.4 Å². The van der Waals surface area contributed by atoms with Gasteiger partial charge >= 0.3 is 0 Å². The number of rotatable bonds is 6. The highest BCUT2D eigenvalue weighted by Crippen LogP contribution is 2.39. The number of likely N-dealkylation sites (tertiary alicyclic amines) is 1. The molecule has 2 N–H and O–H groups in total. The van der Waals surface area contributed by atoms with E-state index in [9.17, 15) is 0 Å². The van der Waals surface area contributed by atoms with Gasteiger partial charge in [0.25, 0.3) is 0 Å². The molecule has 1 heterocycles. The van der Waals surface area contributed by atoms with Gasteiger partial charge in [-0.3, -0.25) is 0 Å². The van der Waals surface area contributed by atoms with Gasteiger partial charge < -0.3 is 10.6 Å². The summed E-state index contributed by atoms with van der Waals surface area (Å²) in [6, 6.07) is 8.51. The van der Waals surface area contributed by atoms with Crippen LogP contribution in [0.4, 0.5) is 5.69 Å². The zero-order valence-electron chi connectivity index (χ0n) is 14.1. The van der Waals surface area contributed by atoms with Crippen LogP contribution in [0.25, 0.3) is 0 Å². The van der Waals surface area contributed by atoms with Crippen LogP contribution in [0, 0.1) is 5.92 Å². The van der Waals surface area contributed by atoms with Gasteiger partial charge in [0.15, 0.2) is 0 Å². The number of hydrogen-bond donors (Lipinski definition) is 1. The Hall–Kier alpha value is -1.02. The maximum Gasteiger partial charge on any atom is 0.0316 e. The van der Waals surface area contributed by atoms with E-state index >= 15 is 0 Å². The molecule has 0 spiro atoms. The largest absolute Gasteiger partial charge is 0.399 e. The smallest absolute Gasteiger partial charge is 0.0316 e. The van der Waals surface area contributed by atoms with Gasteiger partial charge in [0.05, 0.1) is 0 Å². The highest BCUT2D eigenvalue weighted by molar-refractivity contribution is 5.43. The Kier molecular flexibility index (Phi) is 5.69. The summed E-state index contributed by atoms with van der Waals surface area (Å²) in [6.45, 7) is 10.8. The maximum absolute atomic E-state index is 5.98. The zero-order chi connectivity index (χ0) is 15.3. The Balaban J connectivity index is 1.94. The molecule has 2 nitrogen and oxygen atoms in total. The monoisotopic (exact) mass is 288 g/mol. The molecular formula is C19H32N2. The van der Waals surface area contributed by atoms with Crippen molar-refractivity contribution in [3.8, 4) is 0 Å². The van der Waals surface area contributed by atoms with E-state index in [1.165, 1.54) is 57.3 Å². The van der Waals surface area contributed by atoms with Crippen molar-refractivity contribution in [3.05, 3.63) is 29.8 Å². The van der Waals surface area contributed by atoms with Gasteiger partial charge in [-0.2, -0.15) is 0 Å². The van der Waals surface area contributed by atoms with Crippen molar-refractivity contribution < 1.29 is 0 Å². The fraction of sp³-hybridized carbons (Fsp3) is 0.684. The predicted molar refractivity (Wildman–Crippen MR) is 92.6 cm³/mol. The van der Waals surface area contributed by atoms with Crippen LogP contribution in [-0.4, -0.2) is 24.5 Å². The van der Waals surface area contributed by atoms with E-state index in [-0.39, 0.29) is 5.41 Å². The summed E-state index contributed by atoms with van der Waals surface area (Å²) in [4.78, 5) is 2.66. The highest BCUT2D eigenvalue weighted by atomic mass is 15.1. The summed E-state index contributed by atoms with van der Waals surface area (Å²) in [5.41, 5.74) is 8.56. The summed E-state index contributed by atoms with van der Waals surface area (Å²) in [5.74, 6) is 0.680. The molecule has 0 saturated carbocycles. The summed E-state index contributed by atoms with van der Waals surface area (Å²) in [7, 11) is 0. The van der Waals surface area contributed by atoms with E-state index in [0.29, 0.717) is 5.92 Å². The lowest BCUT2D eigenvalue weighted by atomic mass is 9.68. The van der Waals surface area contributed by atoms with Crippen molar-refractivity contribution in [1.82, 2.24) is 4.90 Å². The van der Waals surface area contributed by atoms with E-state index in [1.807, 2.05) is 6.07 Å². The van der Waals surface area contributed by atoms with Gasteiger partial charge in [-0.05, 0) is 55.0 Å². The third-order valence-corrected chi connectivity index (χ3v) is 5.44. The number of nitrogens with two attached hydrogens (primary N) is 1. The van der Waals surface area contributed by atoms with Gasteiger partial charge in [-0.1, -0.05) is 52.2 Å². The number of benzene rings is 1. The Morgan fingerprint density at radius 1 is 1.29 bits per heavy atom. The van der Waals surface area contributed by atoms with E-state index in [2.05, 4.69) is 43.9 Å². The minimum Gasteiger partial charge on any atom is -0.399 e. The fourth-order valence-corrected chi connectivity index (χ4v) is 3.60. The molecule has 1 aromatic rings. The van der Waals surface area contributed by atoms with E-state index in [0.717, 1.165) is 5.69 Å². The van der Waals surface area contributed by atoms with Crippen molar-refractivity contribution in [1.29, 1.82) is 0 Å². The molecule has 0 radical (unpaired) electrons. The molecule has 0 unspecified atom stereocenters. The SMILES string of the molecule is CCCCCCN1CC[C@@](C)(c2cccc(N)c2)[C@@H](C)C1. The number of nitrogen functional groups attached to an aromatic ring is 1. The fourth-order valence-electron chi connectivity index (χ4n) is 3.60. The van der Waals surface area contributed by atoms with Crippen LogP contribution in [0.1, 0.15) is 58.4 Å². The lowest BCUT2D eigenvalue weighted by Crippen LogP contribution is -2.47. The summed E-state index contributed by atoms with van der Waals surface area (Å²) >= 11 is 0. The molecule has 2 heteroatoms. The molecule has 0 amide bonds. The van der Waals surface area contributed by atoms with Gasteiger partial charge in [0.2, 0.25) is 0 Å². The number of unbranched alkanes of at least 4 members (excludes halogenated alkanes) is 3. The normalized spacial score (nSPS) is 26.9. The second kappa shape index (κ2) is 7.31. The molecule has 0 bridgehead atoms. The molecule has 118 valence electrons. The van der Waals surface area contributed by atoms with Gasteiger partial charge in [-0.15, -0.1) is 0 Å². The third-order valence-electron chi connectivity index (χ3n) is 5.44. The number of piperidine rings is 1. The van der Waals surface area contributed by atoms with Crippen LogP contribution in [0.3, 0.4) is 0 Å². The Bertz CT molecular complexity index is 443. The van der Waals surface area contributed by atoms with Crippen molar-refractivity contribution in [2.45, 2.75) is 58.3 Å². The average Bonchev–Trinajstić information content (AvgIpc) is 2.47. The molecule has 0 aliphatic carbocycles. The van der Waals surface area contributed by atoms with Crippen LogP contribution in [0.2, 0.25) is 0 Å². The molecule has 1 saturated heterocycles. The molecule has 1 aliphatic rings. The maximum atomic E-state index is 5.98. The first kappa shape index (κ1) is 16.4. The minimum absolute atomic E-state index is 0.273. The third kappa shape index (κ3) is 4.00. The van der Waals surface area contributed by atoms with Crippen molar-refractivity contribution in [3.63, 3.8) is 0 Å². The molecule has 1 aliphatic heterocycles. The highest BCUT2D eigenvalue weighted by Gasteiger charge is 2.37. The standard InChI is InChI=1S/C19H32N2/c1-4-5-6-7-12-21-13-11-19(3,16(2)15-21)17-9-8-10-18(20)14-17/h8-10,14,16H,4-7,11-13,15,20H2,1-3H3/t16-,19+/m0/s1. The van der Waals surface area contributed by atoms with Crippen molar-refractivity contribution in [2.24, 2.45) is 5.92 Å². The zero-order valence-corrected chi connectivity index (χ0v) is 14.1. The summed E-state index contributed by atoms with van der Waals surface area (Å²) in [6.07, 6.45) is 6.68. The summed E-state index contributed by atoms with van der Waals surface area (Å²) < 4.78 is 0. The van der Waals surface area contributed by atoms with Crippen LogP contribution in [-0.2, 0) is 5.41 Å².